The third-order valence-corrected chi connectivity index (χ3v) is 6.73. The van der Waals surface area contributed by atoms with Crippen molar-refractivity contribution in [2.75, 3.05) is 12.0 Å². The van der Waals surface area contributed by atoms with Gasteiger partial charge in [-0.15, -0.1) is 0 Å². The number of ether oxygens (including phenoxy) is 1. The average Bonchev–Trinajstić information content (AvgIpc) is 3.02. The standard InChI is InChI=1S/C22H16F3N3O3S/c1-31-14-7-5-11(6-8-14)16-15(10-26)19(27)32-18-17(16)20(29)28(21(18)30)13-4-2-3-12(9-13)22(23,24)25/h2-9,16-18H,27H2,1H3. The van der Waals surface area contributed by atoms with Gasteiger partial charge in [-0.05, 0) is 35.9 Å². The number of nitriles is 1. The molecule has 2 aliphatic rings. The minimum atomic E-state index is -4.63. The quantitative estimate of drug-likeness (QED) is 0.702. The molecule has 2 amide bonds. The molecule has 2 aromatic rings. The van der Waals surface area contributed by atoms with Crippen molar-refractivity contribution < 1.29 is 27.5 Å². The molecule has 2 N–H and O–H groups in total. The van der Waals surface area contributed by atoms with Gasteiger partial charge in [0.2, 0.25) is 11.8 Å². The number of rotatable bonds is 3. The number of alkyl halides is 3. The van der Waals surface area contributed by atoms with Crippen molar-refractivity contribution in [1.82, 2.24) is 0 Å². The Kier molecular flexibility index (Phi) is 5.38. The number of hydrogen-bond acceptors (Lipinski definition) is 6. The first-order chi connectivity index (χ1) is 15.2. The van der Waals surface area contributed by atoms with E-state index in [1.54, 1.807) is 24.3 Å². The lowest BCUT2D eigenvalue weighted by Crippen LogP contribution is -2.33. The average molecular weight is 459 g/mol. The summed E-state index contributed by atoms with van der Waals surface area (Å²) < 4.78 is 44.7. The van der Waals surface area contributed by atoms with Crippen LogP contribution >= 0.6 is 11.8 Å². The van der Waals surface area contributed by atoms with Gasteiger partial charge in [-0.2, -0.15) is 18.4 Å². The molecule has 4 rings (SSSR count). The van der Waals surface area contributed by atoms with E-state index in [4.69, 9.17) is 10.5 Å². The predicted octanol–water partition coefficient (Wildman–Crippen LogP) is 3.80. The second-order valence-electron chi connectivity index (χ2n) is 7.26. The summed E-state index contributed by atoms with van der Waals surface area (Å²) in [6.45, 7) is 0. The molecule has 3 unspecified atom stereocenters. The number of allylic oxidation sites excluding steroid dienone is 1. The first kappa shape index (κ1) is 21.8. The number of hydrogen-bond donors (Lipinski definition) is 1. The van der Waals surface area contributed by atoms with E-state index in [9.17, 15) is 28.0 Å². The number of carbonyl (C=O) groups excluding carboxylic acids is 2. The van der Waals surface area contributed by atoms with Crippen molar-refractivity contribution >= 4 is 29.3 Å². The maximum Gasteiger partial charge on any atom is 0.416 e. The minimum Gasteiger partial charge on any atom is -0.497 e. The van der Waals surface area contributed by atoms with E-state index in [1.165, 1.54) is 13.2 Å². The Hall–Kier alpha value is -3.45. The molecule has 0 bridgehead atoms. The fourth-order valence-electron chi connectivity index (χ4n) is 4.03. The number of benzene rings is 2. The Labute approximate surface area is 185 Å². The summed E-state index contributed by atoms with van der Waals surface area (Å²) >= 11 is 0.892. The van der Waals surface area contributed by atoms with Crippen LogP contribution in [0, 0.1) is 17.2 Å². The zero-order valence-corrected chi connectivity index (χ0v) is 17.4. The highest BCUT2D eigenvalue weighted by atomic mass is 32.2. The highest BCUT2D eigenvalue weighted by molar-refractivity contribution is 8.04. The second kappa shape index (κ2) is 7.91. The molecule has 3 atom stereocenters. The summed E-state index contributed by atoms with van der Waals surface area (Å²) in [5, 5.41) is 8.87. The Morgan fingerprint density at radius 3 is 2.41 bits per heavy atom. The van der Waals surface area contributed by atoms with Gasteiger partial charge in [0.25, 0.3) is 0 Å². The molecule has 2 aromatic carbocycles. The van der Waals surface area contributed by atoms with Crippen LogP contribution in [0.1, 0.15) is 17.0 Å². The molecule has 164 valence electrons. The first-order valence-corrected chi connectivity index (χ1v) is 10.3. The van der Waals surface area contributed by atoms with Gasteiger partial charge in [0.05, 0.1) is 40.9 Å². The van der Waals surface area contributed by atoms with Gasteiger partial charge in [-0.3, -0.25) is 9.59 Å². The summed E-state index contributed by atoms with van der Waals surface area (Å²) in [5.41, 5.74) is 5.65. The van der Waals surface area contributed by atoms with E-state index in [-0.39, 0.29) is 16.3 Å². The van der Waals surface area contributed by atoms with Crippen LogP contribution in [0.25, 0.3) is 0 Å². The van der Waals surface area contributed by atoms with E-state index < -0.39 is 40.6 Å². The number of imide groups is 1. The molecular weight excluding hydrogens is 443 g/mol. The molecule has 6 nitrogen and oxygen atoms in total. The first-order valence-electron chi connectivity index (χ1n) is 9.42. The number of fused-ring (bicyclic) bond motifs is 1. The van der Waals surface area contributed by atoms with Crippen LogP contribution < -0.4 is 15.4 Å². The van der Waals surface area contributed by atoms with Gasteiger partial charge < -0.3 is 10.5 Å². The van der Waals surface area contributed by atoms with Crippen LogP contribution in [0.5, 0.6) is 5.75 Å². The zero-order valence-electron chi connectivity index (χ0n) is 16.6. The second-order valence-corrected chi connectivity index (χ2v) is 8.45. The molecule has 1 saturated heterocycles. The van der Waals surface area contributed by atoms with Crippen LogP contribution in [0.2, 0.25) is 0 Å². The summed E-state index contributed by atoms with van der Waals surface area (Å²) in [6, 6.07) is 12.7. The third-order valence-electron chi connectivity index (χ3n) is 5.51. The SMILES string of the molecule is COc1ccc(C2C(C#N)=C(N)SC3C(=O)N(c4cccc(C(F)(F)F)c4)C(=O)C32)cc1. The maximum absolute atomic E-state index is 13.4. The monoisotopic (exact) mass is 459 g/mol. The lowest BCUT2D eigenvalue weighted by Gasteiger charge is -2.30. The maximum atomic E-state index is 13.4. The van der Waals surface area contributed by atoms with E-state index in [0.717, 1.165) is 34.9 Å². The third kappa shape index (κ3) is 3.48. The van der Waals surface area contributed by atoms with Crippen molar-refractivity contribution in [3.05, 3.63) is 70.3 Å². The molecule has 0 aromatic heterocycles. The van der Waals surface area contributed by atoms with Crippen molar-refractivity contribution in [2.24, 2.45) is 11.7 Å². The number of anilines is 1. The van der Waals surface area contributed by atoms with Crippen LogP contribution in [0.3, 0.4) is 0 Å². The normalized spacial score (nSPS) is 23.2. The zero-order chi connectivity index (χ0) is 23.2. The molecule has 2 aliphatic heterocycles. The minimum absolute atomic E-state index is 0.113. The van der Waals surface area contributed by atoms with Crippen molar-refractivity contribution in [1.29, 1.82) is 5.26 Å². The molecule has 10 heteroatoms. The van der Waals surface area contributed by atoms with Gasteiger partial charge in [-0.1, -0.05) is 30.0 Å². The molecule has 0 spiro atoms. The van der Waals surface area contributed by atoms with Gasteiger partial charge in [0, 0.05) is 5.92 Å². The van der Waals surface area contributed by atoms with Gasteiger partial charge >= 0.3 is 6.18 Å². The lowest BCUT2D eigenvalue weighted by molar-refractivity contribution is -0.137. The van der Waals surface area contributed by atoms with Crippen LogP contribution in [-0.2, 0) is 15.8 Å². The number of nitrogens with zero attached hydrogens (tertiary/aromatic N) is 2. The number of halogens is 3. The molecule has 0 aliphatic carbocycles. The Morgan fingerprint density at radius 2 is 1.81 bits per heavy atom. The summed E-state index contributed by atoms with van der Waals surface area (Å²) in [7, 11) is 1.49. The smallest absolute Gasteiger partial charge is 0.416 e. The van der Waals surface area contributed by atoms with Gasteiger partial charge in [0.15, 0.2) is 0 Å². The van der Waals surface area contributed by atoms with Gasteiger partial charge in [0.1, 0.15) is 11.0 Å². The summed E-state index contributed by atoms with van der Waals surface area (Å²) in [5.74, 6) is -2.58. The molecule has 1 fully saturated rings. The topological polar surface area (TPSA) is 96.4 Å². The molecule has 0 saturated carbocycles. The fourth-order valence-corrected chi connectivity index (χ4v) is 5.23. The van der Waals surface area contributed by atoms with Crippen LogP contribution in [-0.4, -0.2) is 24.2 Å². The molecule has 2 heterocycles. The molecule has 32 heavy (non-hydrogen) atoms. The largest absolute Gasteiger partial charge is 0.497 e. The van der Waals surface area contributed by atoms with Crippen LogP contribution in [0.15, 0.2) is 59.1 Å². The number of thioether (sulfide) groups is 1. The highest BCUT2D eigenvalue weighted by Crippen LogP contribution is 2.51. The van der Waals surface area contributed by atoms with E-state index in [1.807, 2.05) is 6.07 Å². The number of carbonyl (C=O) groups is 2. The number of nitrogens with two attached hydrogens (primary N) is 1. The Bertz CT molecular complexity index is 1170. The van der Waals surface area contributed by atoms with E-state index in [0.29, 0.717) is 11.3 Å². The molecular formula is C22H16F3N3O3S. The van der Waals surface area contributed by atoms with Crippen LogP contribution in [0.4, 0.5) is 18.9 Å². The van der Waals surface area contributed by atoms with E-state index >= 15 is 0 Å². The summed E-state index contributed by atoms with van der Waals surface area (Å²) in [4.78, 5) is 27.3. The Balaban J connectivity index is 1.80. The van der Waals surface area contributed by atoms with Crippen molar-refractivity contribution in [2.45, 2.75) is 17.3 Å². The highest BCUT2D eigenvalue weighted by Gasteiger charge is 2.56. The predicted molar refractivity (Wildman–Crippen MR) is 111 cm³/mol. The van der Waals surface area contributed by atoms with Crippen molar-refractivity contribution in [3.8, 4) is 11.8 Å². The van der Waals surface area contributed by atoms with Crippen molar-refractivity contribution in [3.63, 3.8) is 0 Å². The fraction of sp³-hybridized carbons (Fsp3) is 0.227. The number of methoxy groups -OCH3 is 1. The van der Waals surface area contributed by atoms with Gasteiger partial charge in [-0.25, -0.2) is 4.90 Å². The summed E-state index contributed by atoms with van der Waals surface area (Å²) in [6.07, 6.45) is -4.63. The number of amides is 2. The Morgan fingerprint density at radius 1 is 1.12 bits per heavy atom. The lowest BCUT2D eigenvalue weighted by atomic mass is 9.79. The molecule has 0 radical (unpaired) electrons. The van der Waals surface area contributed by atoms with E-state index in [2.05, 4.69) is 0 Å².